The van der Waals surface area contributed by atoms with E-state index in [4.69, 9.17) is 5.73 Å². The van der Waals surface area contributed by atoms with E-state index in [0.717, 1.165) is 24.1 Å². The van der Waals surface area contributed by atoms with E-state index >= 15 is 0 Å². The van der Waals surface area contributed by atoms with Crippen molar-refractivity contribution >= 4 is 5.69 Å². The largest absolute Gasteiger partial charge is 0.396 e. The molecule has 3 rings (SSSR count). The molecular formula is C14H14FN3. The molecule has 92 valence electrons. The number of benzene rings is 1. The number of aryl methyl sites for hydroxylation is 1. The second-order valence-electron chi connectivity index (χ2n) is 4.77. The lowest BCUT2D eigenvalue weighted by molar-refractivity contribution is 0.618. The topological polar surface area (TPSA) is 51.8 Å². The Kier molecular flexibility index (Phi) is 2.51. The number of nitrogens with two attached hydrogens (primary N) is 1. The number of rotatable bonds is 2. The molecule has 0 bridgehead atoms. The minimum absolute atomic E-state index is 0.211. The molecule has 1 aliphatic rings. The summed E-state index contributed by atoms with van der Waals surface area (Å²) in [7, 11) is 0. The third kappa shape index (κ3) is 1.94. The fourth-order valence-corrected chi connectivity index (χ4v) is 2.01. The Labute approximate surface area is 105 Å². The van der Waals surface area contributed by atoms with Gasteiger partial charge in [0.1, 0.15) is 5.82 Å². The summed E-state index contributed by atoms with van der Waals surface area (Å²) in [5, 5.41) is 0. The van der Waals surface area contributed by atoms with Gasteiger partial charge in [0.2, 0.25) is 0 Å². The van der Waals surface area contributed by atoms with Crippen LogP contribution in [0, 0.1) is 12.7 Å². The van der Waals surface area contributed by atoms with E-state index < -0.39 is 0 Å². The molecule has 1 aromatic carbocycles. The first-order valence-electron chi connectivity index (χ1n) is 6.04. The first-order valence-corrected chi connectivity index (χ1v) is 6.04. The first-order chi connectivity index (χ1) is 8.65. The van der Waals surface area contributed by atoms with Gasteiger partial charge in [0.15, 0.2) is 5.82 Å². The van der Waals surface area contributed by atoms with Crippen molar-refractivity contribution in [3.8, 4) is 11.4 Å². The minimum atomic E-state index is -0.211. The molecule has 0 saturated heterocycles. The number of nitrogen functional groups attached to an aromatic ring is 1. The monoisotopic (exact) mass is 243 g/mol. The normalized spacial score (nSPS) is 14.8. The molecule has 0 radical (unpaired) electrons. The molecule has 1 aliphatic carbocycles. The van der Waals surface area contributed by atoms with E-state index in [0.29, 0.717) is 23.0 Å². The molecular weight excluding hydrogens is 229 g/mol. The number of aromatic nitrogens is 2. The second kappa shape index (κ2) is 4.05. The predicted octanol–water partition coefficient (Wildman–Crippen LogP) is 3.05. The van der Waals surface area contributed by atoms with Crippen molar-refractivity contribution in [1.82, 2.24) is 9.97 Å². The van der Waals surface area contributed by atoms with E-state index in [9.17, 15) is 4.39 Å². The predicted molar refractivity (Wildman–Crippen MR) is 68.6 cm³/mol. The first kappa shape index (κ1) is 11.1. The number of halogens is 1. The summed E-state index contributed by atoms with van der Waals surface area (Å²) in [4.78, 5) is 8.75. The molecule has 0 unspecified atom stereocenters. The van der Waals surface area contributed by atoms with Crippen LogP contribution in [0.25, 0.3) is 11.4 Å². The average molecular weight is 243 g/mol. The van der Waals surface area contributed by atoms with Crippen molar-refractivity contribution < 1.29 is 4.39 Å². The molecule has 4 heteroatoms. The van der Waals surface area contributed by atoms with Gasteiger partial charge in [0.25, 0.3) is 0 Å². The molecule has 0 atom stereocenters. The van der Waals surface area contributed by atoms with E-state index in [1.54, 1.807) is 25.3 Å². The van der Waals surface area contributed by atoms with Crippen molar-refractivity contribution in [3.05, 3.63) is 41.5 Å². The van der Waals surface area contributed by atoms with Crippen molar-refractivity contribution in [3.63, 3.8) is 0 Å². The Morgan fingerprint density at radius 1 is 1.33 bits per heavy atom. The van der Waals surface area contributed by atoms with Gasteiger partial charge in [-0.3, -0.25) is 0 Å². The van der Waals surface area contributed by atoms with E-state index in [1.165, 1.54) is 6.07 Å². The molecule has 18 heavy (non-hydrogen) atoms. The number of hydrogen-bond acceptors (Lipinski definition) is 3. The van der Waals surface area contributed by atoms with Crippen LogP contribution < -0.4 is 5.73 Å². The van der Waals surface area contributed by atoms with Crippen LogP contribution in [0.5, 0.6) is 0 Å². The molecule has 0 aliphatic heterocycles. The van der Waals surface area contributed by atoms with Gasteiger partial charge in [-0.05, 0) is 43.5 Å². The fraction of sp³-hybridized carbons (Fsp3) is 0.286. The lowest BCUT2D eigenvalue weighted by Gasteiger charge is -2.07. The highest BCUT2D eigenvalue weighted by Gasteiger charge is 2.27. The van der Waals surface area contributed by atoms with Crippen LogP contribution in [-0.4, -0.2) is 9.97 Å². The highest BCUT2D eigenvalue weighted by molar-refractivity contribution is 5.59. The van der Waals surface area contributed by atoms with E-state index in [1.807, 2.05) is 0 Å². The van der Waals surface area contributed by atoms with Gasteiger partial charge in [-0.15, -0.1) is 0 Å². The lowest BCUT2D eigenvalue weighted by Crippen LogP contribution is -2.00. The third-order valence-corrected chi connectivity index (χ3v) is 3.23. The number of nitrogens with zero attached hydrogens (tertiary/aromatic N) is 2. The molecule has 3 nitrogen and oxygen atoms in total. The van der Waals surface area contributed by atoms with Gasteiger partial charge in [0, 0.05) is 11.5 Å². The van der Waals surface area contributed by atoms with E-state index in [2.05, 4.69) is 9.97 Å². The highest BCUT2D eigenvalue weighted by atomic mass is 19.1. The molecule has 2 aromatic rings. The SMILES string of the molecule is Cc1cc(-c2ncc(N)c(C3CC3)n2)ccc1F. The molecule has 0 spiro atoms. The third-order valence-electron chi connectivity index (χ3n) is 3.23. The summed E-state index contributed by atoms with van der Waals surface area (Å²) >= 11 is 0. The summed E-state index contributed by atoms with van der Waals surface area (Å²) < 4.78 is 13.2. The van der Waals surface area contributed by atoms with Gasteiger partial charge in [-0.25, -0.2) is 14.4 Å². The van der Waals surface area contributed by atoms with Crippen molar-refractivity contribution in [2.24, 2.45) is 0 Å². The Morgan fingerprint density at radius 2 is 2.11 bits per heavy atom. The smallest absolute Gasteiger partial charge is 0.159 e. The molecule has 0 amide bonds. The van der Waals surface area contributed by atoms with E-state index in [-0.39, 0.29) is 5.82 Å². The quantitative estimate of drug-likeness (QED) is 0.882. The van der Waals surface area contributed by atoms with Gasteiger partial charge in [0.05, 0.1) is 17.6 Å². The molecule has 1 aromatic heterocycles. The Hall–Kier alpha value is -1.97. The van der Waals surface area contributed by atoms with Crippen molar-refractivity contribution in [2.45, 2.75) is 25.7 Å². The standard InChI is InChI=1S/C14H14FN3/c1-8-6-10(4-5-11(8)15)14-17-7-12(16)13(18-14)9-2-3-9/h4-7,9H,2-3,16H2,1H3. The lowest BCUT2D eigenvalue weighted by atomic mass is 10.1. The minimum Gasteiger partial charge on any atom is -0.396 e. The maximum absolute atomic E-state index is 13.2. The second-order valence-corrected chi connectivity index (χ2v) is 4.77. The van der Waals surface area contributed by atoms with Crippen LogP contribution in [0.4, 0.5) is 10.1 Å². The average Bonchev–Trinajstić information content (AvgIpc) is 3.18. The number of hydrogen-bond donors (Lipinski definition) is 1. The zero-order chi connectivity index (χ0) is 12.7. The highest BCUT2D eigenvalue weighted by Crippen LogP contribution is 2.41. The fourth-order valence-electron chi connectivity index (χ4n) is 2.01. The summed E-state index contributed by atoms with van der Waals surface area (Å²) in [5.74, 6) is 0.888. The summed E-state index contributed by atoms with van der Waals surface area (Å²) in [5.41, 5.74) is 8.89. The van der Waals surface area contributed by atoms with Crippen LogP contribution in [0.3, 0.4) is 0 Å². The summed E-state index contributed by atoms with van der Waals surface area (Å²) in [6.07, 6.45) is 3.93. The Bertz CT molecular complexity index is 606. The zero-order valence-electron chi connectivity index (χ0n) is 10.2. The maximum atomic E-state index is 13.2. The van der Waals surface area contributed by atoms with Crippen LogP contribution >= 0.6 is 0 Å². The zero-order valence-corrected chi connectivity index (χ0v) is 10.2. The van der Waals surface area contributed by atoms with Crippen molar-refractivity contribution in [1.29, 1.82) is 0 Å². The summed E-state index contributed by atoms with van der Waals surface area (Å²) in [6, 6.07) is 4.91. The van der Waals surface area contributed by atoms with Gasteiger partial charge in [-0.2, -0.15) is 0 Å². The molecule has 1 fully saturated rings. The van der Waals surface area contributed by atoms with Gasteiger partial charge in [-0.1, -0.05) is 0 Å². The maximum Gasteiger partial charge on any atom is 0.159 e. The molecule has 2 N–H and O–H groups in total. The number of anilines is 1. The van der Waals surface area contributed by atoms with Crippen LogP contribution in [0.2, 0.25) is 0 Å². The Morgan fingerprint density at radius 3 is 2.78 bits per heavy atom. The van der Waals surface area contributed by atoms with Gasteiger partial charge >= 0.3 is 0 Å². The molecule has 1 heterocycles. The summed E-state index contributed by atoms with van der Waals surface area (Å²) in [6.45, 7) is 1.73. The molecule has 1 saturated carbocycles. The van der Waals surface area contributed by atoms with Crippen LogP contribution in [0.1, 0.15) is 30.0 Å². The van der Waals surface area contributed by atoms with Crippen molar-refractivity contribution in [2.75, 3.05) is 5.73 Å². The van der Waals surface area contributed by atoms with Crippen LogP contribution in [0.15, 0.2) is 24.4 Å². The van der Waals surface area contributed by atoms with Crippen LogP contribution in [-0.2, 0) is 0 Å². The van der Waals surface area contributed by atoms with Gasteiger partial charge < -0.3 is 5.73 Å². The Balaban J connectivity index is 2.05.